The van der Waals surface area contributed by atoms with Gasteiger partial charge in [0.1, 0.15) is 5.69 Å². The molecule has 0 radical (unpaired) electrons. The van der Waals surface area contributed by atoms with E-state index in [0.29, 0.717) is 17.1 Å². The van der Waals surface area contributed by atoms with Crippen molar-refractivity contribution >= 4 is 11.7 Å². The smallest absolute Gasteiger partial charge is 0.256 e. The van der Waals surface area contributed by atoms with E-state index >= 15 is 0 Å². The summed E-state index contributed by atoms with van der Waals surface area (Å²) in [5, 5.41) is 10.3. The van der Waals surface area contributed by atoms with Crippen molar-refractivity contribution in [3.05, 3.63) is 41.6 Å². The van der Waals surface area contributed by atoms with Crippen molar-refractivity contribution in [3.8, 4) is 0 Å². The fourth-order valence-corrected chi connectivity index (χ4v) is 1.53. The fourth-order valence-electron chi connectivity index (χ4n) is 1.53. The average Bonchev–Trinajstić information content (AvgIpc) is 2.78. The highest BCUT2D eigenvalue weighted by atomic mass is 16.6. The van der Waals surface area contributed by atoms with Crippen molar-refractivity contribution in [3.63, 3.8) is 0 Å². The monoisotopic (exact) mass is 245 g/mol. The molecule has 5 nitrogen and oxygen atoms in total. The predicted molar refractivity (Wildman–Crippen MR) is 67.4 cm³/mol. The summed E-state index contributed by atoms with van der Waals surface area (Å²) in [6.07, 6.45) is 0. The van der Waals surface area contributed by atoms with Gasteiger partial charge in [0.2, 0.25) is 5.82 Å². The highest BCUT2D eigenvalue weighted by molar-refractivity contribution is 6.03. The van der Waals surface area contributed by atoms with Crippen LogP contribution < -0.4 is 5.32 Å². The molecule has 0 unspecified atom stereocenters. The number of nitrogens with one attached hydrogen (secondary N) is 1. The summed E-state index contributed by atoms with van der Waals surface area (Å²) in [6, 6.07) is 8.94. The Bertz CT molecular complexity index is 541. The Morgan fingerprint density at radius 2 is 1.83 bits per heavy atom. The van der Waals surface area contributed by atoms with Gasteiger partial charge in [-0.1, -0.05) is 44.1 Å². The van der Waals surface area contributed by atoms with E-state index in [9.17, 15) is 4.79 Å². The molecule has 0 aliphatic carbocycles. The van der Waals surface area contributed by atoms with E-state index in [1.54, 1.807) is 24.3 Å². The lowest BCUT2D eigenvalue weighted by Crippen LogP contribution is -2.18. The summed E-state index contributed by atoms with van der Waals surface area (Å²) in [5.41, 5.74) is 0.964. The molecule has 94 valence electrons. The van der Waals surface area contributed by atoms with Crippen molar-refractivity contribution in [1.82, 2.24) is 10.3 Å². The second-order valence-corrected chi connectivity index (χ2v) is 5.03. The van der Waals surface area contributed by atoms with Crippen LogP contribution in [0, 0.1) is 0 Å². The number of hydrogen-bond acceptors (Lipinski definition) is 4. The number of hydrogen-bond donors (Lipinski definition) is 1. The van der Waals surface area contributed by atoms with E-state index in [-0.39, 0.29) is 11.3 Å². The lowest BCUT2D eigenvalue weighted by Gasteiger charge is -2.15. The van der Waals surface area contributed by atoms with E-state index in [1.165, 1.54) is 0 Å². The topological polar surface area (TPSA) is 68.0 Å². The van der Waals surface area contributed by atoms with E-state index < -0.39 is 0 Å². The maximum Gasteiger partial charge on any atom is 0.256 e. The minimum atomic E-state index is -0.237. The first-order valence-electron chi connectivity index (χ1n) is 5.68. The number of benzene rings is 1. The normalized spacial score (nSPS) is 11.3. The average molecular weight is 245 g/mol. The molecule has 5 heteroatoms. The third kappa shape index (κ3) is 2.56. The van der Waals surface area contributed by atoms with Gasteiger partial charge in [-0.15, -0.1) is 0 Å². The molecule has 18 heavy (non-hydrogen) atoms. The zero-order valence-corrected chi connectivity index (χ0v) is 10.6. The zero-order chi connectivity index (χ0) is 13.2. The highest BCUT2D eigenvalue weighted by Crippen LogP contribution is 2.26. The standard InChI is InChI=1S/C13H15N3O2/c1-13(2,3)10-11(16-18-15-10)14-12(17)9-7-5-4-6-8-9/h4-8H,1-3H3,(H,14,16,17). The highest BCUT2D eigenvalue weighted by Gasteiger charge is 2.25. The van der Waals surface area contributed by atoms with Gasteiger partial charge in [-0.05, 0) is 17.3 Å². The number of carbonyl (C=O) groups is 1. The summed E-state index contributed by atoms with van der Waals surface area (Å²) in [5.74, 6) is 0.146. The van der Waals surface area contributed by atoms with Crippen LogP contribution in [-0.4, -0.2) is 16.2 Å². The van der Waals surface area contributed by atoms with Crippen molar-refractivity contribution < 1.29 is 9.42 Å². The molecule has 0 fully saturated rings. The van der Waals surface area contributed by atoms with Gasteiger partial charge in [0.05, 0.1) is 0 Å². The molecule has 1 N–H and O–H groups in total. The van der Waals surface area contributed by atoms with Crippen molar-refractivity contribution in [2.45, 2.75) is 26.2 Å². The molecule has 1 aromatic heterocycles. The molecule has 0 aliphatic heterocycles. The molecule has 1 amide bonds. The van der Waals surface area contributed by atoms with Crippen LogP contribution in [0.3, 0.4) is 0 Å². The minimum absolute atomic E-state index is 0.225. The van der Waals surface area contributed by atoms with Crippen LogP contribution in [0.1, 0.15) is 36.8 Å². The first-order valence-corrected chi connectivity index (χ1v) is 5.68. The number of rotatable bonds is 2. The van der Waals surface area contributed by atoms with Gasteiger partial charge < -0.3 is 5.32 Å². The van der Waals surface area contributed by atoms with E-state index in [4.69, 9.17) is 4.63 Å². The van der Waals surface area contributed by atoms with E-state index in [0.717, 1.165) is 0 Å². The Morgan fingerprint density at radius 3 is 2.44 bits per heavy atom. The summed E-state index contributed by atoms with van der Waals surface area (Å²) < 4.78 is 4.69. The van der Waals surface area contributed by atoms with Crippen LogP contribution >= 0.6 is 0 Å². The lowest BCUT2D eigenvalue weighted by atomic mass is 9.92. The molecule has 0 bridgehead atoms. The van der Waals surface area contributed by atoms with Crippen LogP contribution in [0.4, 0.5) is 5.82 Å². The Hall–Kier alpha value is -2.17. The van der Waals surface area contributed by atoms with Crippen molar-refractivity contribution in [2.75, 3.05) is 5.32 Å². The molecular formula is C13H15N3O2. The van der Waals surface area contributed by atoms with Gasteiger partial charge in [-0.25, -0.2) is 4.63 Å². The summed E-state index contributed by atoms with van der Waals surface area (Å²) >= 11 is 0. The molecule has 0 atom stereocenters. The lowest BCUT2D eigenvalue weighted by molar-refractivity contribution is 0.102. The number of carbonyl (C=O) groups excluding carboxylic acids is 1. The second kappa shape index (κ2) is 4.60. The van der Waals surface area contributed by atoms with Crippen LogP contribution in [-0.2, 0) is 5.41 Å². The van der Waals surface area contributed by atoms with Gasteiger partial charge in [-0.3, -0.25) is 4.79 Å². The number of anilines is 1. The van der Waals surface area contributed by atoms with Gasteiger partial charge in [-0.2, -0.15) is 0 Å². The quantitative estimate of drug-likeness (QED) is 0.883. The summed E-state index contributed by atoms with van der Waals surface area (Å²) in [7, 11) is 0. The maximum absolute atomic E-state index is 12.0. The molecule has 2 rings (SSSR count). The van der Waals surface area contributed by atoms with Crippen molar-refractivity contribution in [2.24, 2.45) is 0 Å². The number of amides is 1. The van der Waals surface area contributed by atoms with Gasteiger partial charge in [0.25, 0.3) is 5.91 Å². The molecule has 1 aromatic carbocycles. The first-order chi connectivity index (χ1) is 8.48. The largest absolute Gasteiger partial charge is 0.302 e. The molecule has 1 heterocycles. The van der Waals surface area contributed by atoms with Crippen LogP contribution in [0.15, 0.2) is 35.0 Å². The Labute approximate surface area is 105 Å². The molecule has 0 aliphatic rings. The minimum Gasteiger partial charge on any atom is -0.302 e. The number of nitrogens with zero attached hydrogens (tertiary/aromatic N) is 2. The molecule has 0 spiro atoms. The summed E-state index contributed by atoms with van der Waals surface area (Å²) in [6.45, 7) is 5.93. The predicted octanol–water partition coefficient (Wildman–Crippen LogP) is 2.62. The summed E-state index contributed by atoms with van der Waals surface area (Å²) in [4.78, 5) is 12.0. The van der Waals surface area contributed by atoms with Gasteiger partial charge in [0, 0.05) is 11.0 Å². The van der Waals surface area contributed by atoms with E-state index in [2.05, 4.69) is 15.6 Å². The Balaban J connectivity index is 2.21. The van der Waals surface area contributed by atoms with Crippen molar-refractivity contribution in [1.29, 1.82) is 0 Å². The van der Waals surface area contributed by atoms with Crippen LogP contribution in [0.5, 0.6) is 0 Å². The molecular weight excluding hydrogens is 230 g/mol. The Morgan fingerprint density at radius 1 is 1.17 bits per heavy atom. The Kier molecular flexibility index (Phi) is 3.14. The van der Waals surface area contributed by atoms with E-state index in [1.807, 2.05) is 26.8 Å². The first kappa shape index (κ1) is 12.3. The SMILES string of the molecule is CC(C)(C)c1nonc1NC(=O)c1ccccc1. The third-order valence-electron chi connectivity index (χ3n) is 2.47. The van der Waals surface area contributed by atoms with Gasteiger partial charge >= 0.3 is 0 Å². The zero-order valence-electron chi connectivity index (χ0n) is 10.6. The third-order valence-corrected chi connectivity index (χ3v) is 2.47. The second-order valence-electron chi connectivity index (χ2n) is 5.03. The van der Waals surface area contributed by atoms with Gasteiger partial charge in [0.15, 0.2) is 0 Å². The fraction of sp³-hybridized carbons (Fsp3) is 0.308. The number of aromatic nitrogens is 2. The maximum atomic E-state index is 12.0. The molecule has 0 saturated heterocycles. The molecule has 2 aromatic rings. The van der Waals surface area contributed by atoms with Crippen LogP contribution in [0.25, 0.3) is 0 Å². The van der Waals surface area contributed by atoms with Crippen LogP contribution in [0.2, 0.25) is 0 Å². The molecule has 0 saturated carbocycles.